The number of carboxylic acids is 1. The molecular formula is C15H19BrN2O3. The van der Waals surface area contributed by atoms with Gasteiger partial charge >= 0.3 is 12.0 Å². The lowest BCUT2D eigenvalue weighted by Gasteiger charge is -2.17. The van der Waals surface area contributed by atoms with Gasteiger partial charge < -0.3 is 15.3 Å². The van der Waals surface area contributed by atoms with Crippen LogP contribution in [0.15, 0.2) is 22.7 Å². The second kappa shape index (κ2) is 6.93. The van der Waals surface area contributed by atoms with Crippen molar-refractivity contribution in [1.29, 1.82) is 0 Å². The molecule has 2 amide bonds. The maximum absolute atomic E-state index is 12.2. The third-order valence-corrected chi connectivity index (χ3v) is 4.12. The number of carboxylic acid groups (broad SMARTS) is 1. The van der Waals surface area contributed by atoms with E-state index in [1.807, 2.05) is 0 Å². The highest BCUT2D eigenvalue weighted by Gasteiger charge is 2.25. The highest BCUT2D eigenvalue weighted by molar-refractivity contribution is 9.10. The van der Waals surface area contributed by atoms with Gasteiger partial charge in [0, 0.05) is 23.2 Å². The minimum absolute atomic E-state index is 0.143. The topological polar surface area (TPSA) is 69.6 Å². The van der Waals surface area contributed by atoms with E-state index in [4.69, 9.17) is 5.11 Å². The molecule has 0 bridgehead atoms. The van der Waals surface area contributed by atoms with Crippen molar-refractivity contribution in [2.24, 2.45) is 5.92 Å². The van der Waals surface area contributed by atoms with Crippen LogP contribution < -0.4 is 5.32 Å². The Morgan fingerprint density at radius 2 is 2.19 bits per heavy atom. The van der Waals surface area contributed by atoms with Crippen molar-refractivity contribution >= 4 is 33.6 Å². The molecule has 1 heterocycles. The first-order valence-electron chi connectivity index (χ1n) is 7.09. The van der Waals surface area contributed by atoms with E-state index in [-0.39, 0.29) is 11.6 Å². The molecule has 1 unspecified atom stereocenters. The number of hydrogen-bond donors (Lipinski definition) is 2. The van der Waals surface area contributed by atoms with E-state index in [2.05, 4.69) is 28.2 Å². The molecule has 1 fully saturated rings. The molecule has 1 atom stereocenters. The summed E-state index contributed by atoms with van der Waals surface area (Å²) in [6.45, 7) is 3.69. The first-order valence-corrected chi connectivity index (χ1v) is 7.88. The number of hydrogen-bond acceptors (Lipinski definition) is 2. The molecule has 6 heteroatoms. The third-order valence-electron chi connectivity index (χ3n) is 3.67. The van der Waals surface area contributed by atoms with E-state index in [0.29, 0.717) is 16.1 Å². The minimum atomic E-state index is -1.02. The molecule has 2 rings (SSSR count). The van der Waals surface area contributed by atoms with E-state index in [1.165, 1.54) is 12.1 Å². The van der Waals surface area contributed by atoms with Crippen LogP contribution in [0, 0.1) is 5.92 Å². The first-order chi connectivity index (χ1) is 9.99. The van der Waals surface area contributed by atoms with Crippen molar-refractivity contribution in [2.45, 2.75) is 26.2 Å². The zero-order valence-electron chi connectivity index (χ0n) is 11.9. The highest BCUT2D eigenvalue weighted by Crippen LogP contribution is 2.23. The number of carbonyl (C=O) groups excluding carboxylic acids is 1. The molecule has 0 aliphatic carbocycles. The largest absolute Gasteiger partial charge is 0.478 e. The van der Waals surface area contributed by atoms with E-state index in [1.54, 1.807) is 11.0 Å². The summed E-state index contributed by atoms with van der Waals surface area (Å²) in [5.41, 5.74) is 0.635. The lowest BCUT2D eigenvalue weighted by Crippen LogP contribution is -2.33. The predicted molar refractivity (Wildman–Crippen MR) is 84.7 cm³/mol. The number of urea groups is 1. The minimum Gasteiger partial charge on any atom is -0.478 e. The second-order valence-electron chi connectivity index (χ2n) is 5.35. The number of benzene rings is 1. The maximum atomic E-state index is 12.2. The Kier molecular flexibility index (Phi) is 5.22. The van der Waals surface area contributed by atoms with Gasteiger partial charge in [0.05, 0.1) is 5.56 Å². The van der Waals surface area contributed by atoms with Crippen LogP contribution in [0.2, 0.25) is 0 Å². The fourth-order valence-electron chi connectivity index (χ4n) is 2.65. The summed E-state index contributed by atoms with van der Waals surface area (Å²) in [4.78, 5) is 25.0. The summed E-state index contributed by atoms with van der Waals surface area (Å²) in [5, 5.41) is 11.8. The third kappa shape index (κ3) is 4.20. The Morgan fingerprint density at radius 3 is 2.86 bits per heavy atom. The van der Waals surface area contributed by atoms with Crippen LogP contribution in [0.25, 0.3) is 0 Å². The summed E-state index contributed by atoms with van der Waals surface area (Å²) in [7, 11) is 0. The van der Waals surface area contributed by atoms with Crippen molar-refractivity contribution in [2.75, 3.05) is 18.4 Å². The van der Waals surface area contributed by atoms with E-state index < -0.39 is 5.97 Å². The van der Waals surface area contributed by atoms with Gasteiger partial charge in [0.1, 0.15) is 0 Å². The Labute approximate surface area is 132 Å². The SMILES string of the molecule is CCCC1CCN(C(=O)Nc2cc(Br)cc(C(=O)O)c2)C1. The molecule has 2 N–H and O–H groups in total. The number of halogens is 1. The van der Waals surface area contributed by atoms with Gasteiger partial charge in [-0.1, -0.05) is 29.3 Å². The van der Waals surface area contributed by atoms with Gasteiger partial charge in [-0.25, -0.2) is 9.59 Å². The Morgan fingerprint density at radius 1 is 1.43 bits per heavy atom. The van der Waals surface area contributed by atoms with Crippen LogP contribution >= 0.6 is 15.9 Å². The molecule has 1 aromatic carbocycles. The average Bonchev–Trinajstić information content (AvgIpc) is 2.87. The van der Waals surface area contributed by atoms with Crippen molar-refractivity contribution in [3.05, 3.63) is 28.2 Å². The van der Waals surface area contributed by atoms with Gasteiger partial charge in [-0.2, -0.15) is 0 Å². The lowest BCUT2D eigenvalue weighted by atomic mass is 10.0. The molecule has 114 valence electrons. The number of nitrogens with one attached hydrogen (secondary N) is 1. The van der Waals surface area contributed by atoms with Crippen LogP contribution in [-0.2, 0) is 0 Å². The van der Waals surface area contributed by atoms with Gasteiger partial charge in [-0.05, 0) is 37.0 Å². The molecule has 1 aliphatic heterocycles. The van der Waals surface area contributed by atoms with Crippen LogP contribution in [0.3, 0.4) is 0 Å². The number of carbonyl (C=O) groups is 2. The predicted octanol–water partition coefficient (Wildman–Crippen LogP) is 3.80. The lowest BCUT2D eigenvalue weighted by molar-refractivity contribution is 0.0697. The number of amides is 2. The number of anilines is 1. The van der Waals surface area contributed by atoms with Gasteiger partial charge in [0.15, 0.2) is 0 Å². The highest BCUT2D eigenvalue weighted by atomic mass is 79.9. The molecule has 0 saturated carbocycles. The summed E-state index contributed by atoms with van der Waals surface area (Å²) >= 11 is 3.26. The van der Waals surface area contributed by atoms with Crippen LogP contribution in [-0.4, -0.2) is 35.1 Å². The van der Waals surface area contributed by atoms with Crippen molar-refractivity contribution in [3.63, 3.8) is 0 Å². The van der Waals surface area contributed by atoms with Crippen LogP contribution in [0.5, 0.6) is 0 Å². The monoisotopic (exact) mass is 354 g/mol. The molecular weight excluding hydrogens is 336 g/mol. The molecule has 1 aliphatic rings. The summed E-state index contributed by atoms with van der Waals surface area (Å²) in [6, 6.07) is 4.50. The summed E-state index contributed by atoms with van der Waals surface area (Å²) < 4.78 is 0.628. The Bertz CT molecular complexity index is 548. The maximum Gasteiger partial charge on any atom is 0.335 e. The van der Waals surface area contributed by atoms with E-state index >= 15 is 0 Å². The van der Waals surface area contributed by atoms with Crippen molar-refractivity contribution in [1.82, 2.24) is 4.90 Å². The molecule has 21 heavy (non-hydrogen) atoms. The summed E-state index contributed by atoms with van der Waals surface area (Å²) in [5.74, 6) is -0.436. The van der Waals surface area contributed by atoms with E-state index in [9.17, 15) is 9.59 Å². The number of likely N-dealkylation sites (tertiary alicyclic amines) is 1. The molecule has 1 saturated heterocycles. The van der Waals surface area contributed by atoms with Crippen LogP contribution in [0.1, 0.15) is 36.5 Å². The van der Waals surface area contributed by atoms with Gasteiger partial charge in [-0.3, -0.25) is 0 Å². The number of nitrogens with zero attached hydrogens (tertiary/aromatic N) is 1. The fourth-order valence-corrected chi connectivity index (χ4v) is 3.14. The molecule has 1 aromatic rings. The van der Waals surface area contributed by atoms with Gasteiger partial charge in [0.2, 0.25) is 0 Å². The quantitative estimate of drug-likeness (QED) is 0.863. The molecule has 0 aromatic heterocycles. The normalized spacial score (nSPS) is 17.8. The smallest absolute Gasteiger partial charge is 0.335 e. The first kappa shape index (κ1) is 15.8. The molecule has 0 spiro atoms. The van der Waals surface area contributed by atoms with Crippen molar-refractivity contribution < 1.29 is 14.7 Å². The molecule has 0 radical (unpaired) electrons. The number of rotatable bonds is 4. The van der Waals surface area contributed by atoms with Crippen molar-refractivity contribution in [3.8, 4) is 0 Å². The Balaban J connectivity index is 2.01. The standard InChI is InChI=1S/C15H19BrN2O3/c1-2-3-10-4-5-18(9-10)15(21)17-13-7-11(14(19)20)6-12(16)8-13/h6-8,10H,2-5,9H2,1H3,(H,17,21)(H,19,20). The summed E-state index contributed by atoms with van der Waals surface area (Å²) in [6.07, 6.45) is 3.32. The zero-order valence-corrected chi connectivity index (χ0v) is 13.5. The van der Waals surface area contributed by atoms with Gasteiger partial charge in [-0.15, -0.1) is 0 Å². The Hall–Kier alpha value is -1.56. The zero-order chi connectivity index (χ0) is 15.4. The molecule has 5 nitrogen and oxygen atoms in total. The van der Waals surface area contributed by atoms with Crippen LogP contribution in [0.4, 0.5) is 10.5 Å². The second-order valence-corrected chi connectivity index (χ2v) is 6.27. The average molecular weight is 355 g/mol. The fraction of sp³-hybridized carbons (Fsp3) is 0.467. The van der Waals surface area contributed by atoms with Gasteiger partial charge in [0.25, 0.3) is 0 Å². The number of aromatic carboxylic acids is 1. The van der Waals surface area contributed by atoms with E-state index in [0.717, 1.165) is 32.4 Å².